The van der Waals surface area contributed by atoms with Crippen LogP contribution in [0.4, 0.5) is 4.79 Å². The monoisotopic (exact) mass is 425 g/mol. The molecule has 3 heterocycles. The summed E-state index contributed by atoms with van der Waals surface area (Å²) in [6, 6.07) is 0.540. The SMILES string of the molecule is C[C@H]1CC[C@@H](C[C@@H]2C[C@@H]([C@H]3C4=C(CCC=C4)c4cncn43)[C@H]2O)N1C(=O)OC(C)(C)C. The normalized spacial score (nSPS) is 34.5. The van der Waals surface area contributed by atoms with Crippen LogP contribution in [0.3, 0.4) is 0 Å². The van der Waals surface area contributed by atoms with E-state index in [2.05, 4.69) is 28.6 Å². The smallest absolute Gasteiger partial charge is 0.410 e. The number of fused-ring (bicyclic) bond motifs is 2. The number of aliphatic hydroxyl groups is 1. The Morgan fingerprint density at radius 1 is 1.32 bits per heavy atom. The van der Waals surface area contributed by atoms with Gasteiger partial charge in [-0.05, 0) is 83.3 Å². The molecule has 1 saturated heterocycles. The third-order valence-corrected chi connectivity index (χ3v) is 7.67. The van der Waals surface area contributed by atoms with Crippen molar-refractivity contribution in [2.45, 2.75) is 96.1 Å². The summed E-state index contributed by atoms with van der Waals surface area (Å²) in [6.07, 6.45) is 13.8. The summed E-state index contributed by atoms with van der Waals surface area (Å²) in [7, 11) is 0. The maximum Gasteiger partial charge on any atom is 0.410 e. The van der Waals surface area contributed by atoms with Crippen LogP contribution in [0.2, 0.25) is 0 Å². The first kappa shape index (κ1) is 20.8. The van der Waals surface area contributed by atoms with Crippen molar-refractivity contribution in [2.75, 3.05) is 0 Å². The fourth-order valence-corrected chi connectivity index (χ4v) is 6.21. The van der Waals surface area contributed by atoms with Gasteiger partial charge in [-0.15, -0.1) is 0 Å². The van der Waals surface area contributed by atoms with Crippen LogP contribution in [0.25, 0.3) is 5.57 Å². The van der Waals surface area contributed by atoms with Gasteiger partial charge in [0.25, 0.3) is 0 Å². The number of carbonyl (C=O) groups excluding carboxylic acids is 1. The number of amides is 1. The Hall–Kier alpha value is -2.08. The average Bonchev–Trinajstić information content (AvgIpc) is 3.38. The number of rotatable bonds is 3. The van der Waals surface area contributed by atoms with Gasteiger partial charge < -0.3 is 19.3 Å². The Morgan fingerprint density at radius 3 is 2.87 bits per heavy atom. The zero-order valence-electron chi connectivity index (χ0n) is 19.1. The standard InChI is InChI=1S/C25H35N3O3/c1-15-9-10-17(28(15)24(30)31-25(2,3)4)11-16-12-20(23(16)29)22-19-8-6-5-7-18(19)21-13-26-14-27(21)22/h6,8,13-17,20,22-23,29H,5,7,9-12H2,1-4H3/t15-,16+,17-,20-,22+,23-/m0/s1. The van der Waals surface area contributed by atoms with Crippen molar-refractivity contribution in [3.05, 3.63) is 35.9 Å². The van der Waals surface area contributed by atoms with Gasteiger partial charge in [0.2, 0.25) is 0 Å². The van der Waals surface area contributed by atoms with Gasteiger partial charge in [0.05, 0.1) is 30.4 Å². The highest BCUT2D eigenvalue weighted by Crippen LogP contribution is 2.53. The average molecular weight is 426 g/mol. The number of nitrogens with zero attached hydrogens (tertiary/aromatic N) is 3. The molecule has 2 aliphatic carbocycles. The lowest BCUT2D eigenvalue weighted by molar-refractivity contribution is -0.0704. The molecule has 0 spiro atoms. The second kappa shape index (κ2) is 7.51. The first-order valence-corrected chi connectivity index (χ1v) is 11.9. The third kappa shape index (κ3) is 3.53. The molecule has 31 heavy (non-hydrogen) atoms. The van der Waals surface area contributed by atoms with Crippen LogP contribution in [0.15, 0.2) is 30.2 Å². The molecule has 1 N–H and O–H groups in total. The number of aromatic nitrogens is 2. The predicted molar refractivity (Wildman–Crippen MR) is 119 cm³/mol. The number of imidazole rings is 1. The Labute approximate surface area is 185 Å². The van der Waals surface area contributed by atoms with Gasteiger partial charge in [0.15, 0.2) is 0 Å². The Balaban J connectivity index is 1.27. The number of likely N-dealkylation sites (tertiary alicyclic amines) is 1. The number of carbonyl (C=O) groups is 1. The number of hydrogen-bond acceptors (Lipinski definition) is 4. The molecule has 2 aliphatic heterocycles. The van der Waals surface area contributed by atoms with E-state index in [1.54, 1.807) is 0 Å². The van der Waals surface area contributed by atoms with Crippen molar-refractivity contribution in [3.63, 3.8) is 0 Å². The van der Waals surface area contributed by atoms with Gasteiger partial charge in [0, 0.05) is 18.0 Å². The summed E-state index contributed by atoms with van der Waals surface area (Å²) in [5.41, 5.74) is 3.51. The molecule has 1 saturated carbocycles. The minimum atomic E-state index is -0.491. The van der Waals surface area contributed by atoms with E-state index in [1.807, 2.05) is 38.2 Å². The highest BCUT2D eigenvalue weighted by atomic mass is 16.6. The molecule has 168 valence electrons. The van der Waals surface area contributed by atoms with E-state index in [-0.39, 0.29) is 42.2 Å². The van der Waals surface area contributed by atoms with Gasteiger partial charge in [-0.2, -0.15) is 0 Å². The molecule has 0 bridgehead atoms. The van der Waals surface area contributed by atoms with Crippen molar-refractivity contribution >= 4 is 11.7 Å². The van der Waals surface area contributed by atoms with Crippen molar-refractivity contribution in [1.82, 2.24) is 14.5 Å². The van der Waals surface area contributed by atoms with Gasteiger partial charge in [0.1, 0.15) is 5.60 Å². The highest BCUT2D eigenvalue weighted by molar-refractivity contribution is 5.74. The van der Waals surface area contributed by atoms with Crippen LogP contribution >= 0.6 is 0 Å². The van der Waals surface area contributed by atoms with E-state index >= 15 is 0 Å². The van der Waals surface area contributed by atoms with Gasteiger partial charge in [-0.1, -0.05) is 12.2 Å². The highest BCUT2D eigenvalue weighted by Gasteiger charge is 2.50. The molecule has 2 fully saturated rings. The lowest BCUT2D eigenvalue weighted by Crippen LogP contribution is -2.50. The fourth-order valence-electron chi connectivity index (χ4n) is 6.21. The van der Waals surface area contributed by atoms with Crippen LogP contribution in [0, 0.1) is 11.8 Å². The van der Waals surface area contributed by atoms with Gasteiger partial charge >= 0.3 is 6.09 Å². The first-order valence-electron chi connectivity index (χ1n) is 11.9. The minimum Gasteiger partial charge on any atom is -0.444 e. The molecule has 0 unspecified atom stereocenters. The summed E-state index contributed by atoms with van der Waals surface area (Å²) < 4.78 is 7.95. The van der Waals surface area contributed by atoms with Crippen LogP contribution in [-0.2, 0) is 4.74 Å². The summed E-state index contributed by atoms with van der Waals surface area (Å²) >= 11 is 0. The zero-order valence-corrected chi connectivity index (χ0v) is 19.1. The molecule has 1 amide bonds. The number of allylic oxidation sites excluding steroid dienone is 4. The number of hydrogen-bond donors (Lipinski definition) is 1. The van der Waals surface area contributed by atoms with Crippen LogP contribution < -0.4 is 0 Å². The van der Waals surface area contributed by atoms with Crippen molar-refractivity contribution < 1.29 is 14.6 Å². The Morgan fingerprint density at radius 2 is 2.13 bits per heavy atom. The molecule has 0 radical (unpaired) electrons. The zero-order chi connectivity index (χ0) is 21.9. The van der Waals surface area contributed by atoms with E-state index in [0.29, 0.717) is 0 Å². The van der Waals surface area contributed by atoms with Crippen LogP contribution in [0.1, 0.15) is 78.0 Å². The Kier molecular flexibility index (Phi) is 5.04. The number of aliphatic hydroxyl groups excluding tert-OH is 1. The molecule has 6 heteroatoms. The van der Waals surface area contributed by atoms with Crippen LogP contribution in [0.5, 0.6) is 0 Å². The van der Waals surface area contributed by atoms with Crippen molar-refractivity contribution in [3.8, 4) is 0 Å². The van der Waals surface area contributed by atoms with Crippen LogP contribution in [-0.4, -0.2) is 49.4 Å². The molecular weight excluding hydrogens is 390 g/mol. The fraction of sp³-hybridized carbons (Fsp3) is 0.680. The molecule has 1 aromatic rings. The molecule has 1 aromatic heterocycles. The summed E-state index contributed by atoms with van der Waals surface area (Å²) in [5, 5.41) is 11.2. The third-order valence-electron chi connectivity index (χ3n) is 7.67. The molecular formula is C25H35N3O3. The molecule has 4 aliphatic rings. The van der Waals surface area contributed by atoms with Crippen molar-refractivity contribution in [1.29, 1.82) is 0 Å². The Bertz CT molecular complexity index is 925. The van der Waals surface area contributed by atoms with E-state index in [1.165, 1.54) is 16.8 Å². The van der Waals surface area contributed by atoms with E-state index < -0.39 is 5.60 Å². The second-order valence-corrected chi connectivity index (χ2v) is 10.9. The van der Waals surface area contributed by atoms with Crippen molar-refractivity contribution in [2.24, 2.45) is 11.8 Å². The maximum absolute atomic E-state index is 12.8. The van der Waals surface area contributed by atoms with Gasteiger partial charge in [-0.25, -0.2) is 9.78 Å². The van der Waals surface area contributed by atoms with E-state index in [0.717, 1.165) is 38.5 Å². The topological polar surface area (TPSA) is 67.6 Å². The predicted octanol–water partition coefficient (Wildman–Crippen LogP) is 4.72. The lowest BCUT2D eigenvalue weighted by Gasteiger charge is -2.47. The van der Waals surface area contributed by atoms with E-state index in [4.69, 9.17) is 4.74 Å². The minimum absolute atomic E-state index is 0.155. The molecule has 0 aromatic carbocycles. The molecule has 6 atom stereocenters. The summed E-state index contributed by atoms with van der Waals surface area (Å²) in [4.78, 5) is 19.1. The maximum atomic E-state index is 12.8. The second-order valence-electron chi connectivity index (χ2n) is 10.9. The number of ether oxygens (including phenoxy) is 1. The quantitative estimate of drug-likeness (QED) is 0.761. The lowest BCUT2D eigenvalue weighted by atomic mass is 9.64. The largest absolute Gasteiger partial charge is 0.444 e. The first-order chi connectivity index (χ1) is 14.7. The van der Waals surface area contributed by atoms with Gasteiger partial charge in [-0.3, -0.25) is 0 Å². The molecule has 6 nitrogen and oxygen atoms in total. The van der Waals surface area contributed by atoms with E-state index in [9.17, 15) is 9.90 Å². The summed E-state index contributed by atoms with van der Waals surface area (Å²) in [6.45, 7) is 7.84. The summed E-state index contributed by atoms with van der Waals surface area (Å²) in [5.74, 6) is 0.441. The molecule has 5 rings (SSSR count).